The first-order valence-electron chi connectivity index (χ1n) is 11.3. The van der Waals surface area contributed by atoms with Crippen molar-refractivity contribution in [3.8, 4) is 0 Å². The molecule has 1 atom stereocenters. The molecule has 8 nitrogen and oxygen atoms in total. The van der Waals surface area contributed by atoms with Crippen molar-refractivity contribution in [3.63, 3.8) is 0 Å². The number of rotatable bonds is 8. The number of unbranched alkanes of at least 4 members (excludes halogenated alkanes) is 2. The van der Waals surface area contributed by atoms with Gasteiger partial charge in [-0.2, -0.15) is 0 Å². The molecule has 172 valence electrons. The van der Waals surface area contributed by atoms with E-state index in [2.05, 4.69) is 22.8 Å². The van der Waals surface area contributed by atoms with Crippen LogP contribution in [-0.2, 0) is 27.3 Å². The highest BCUT2D eigenvalue weighted by molar-refractivity contribution is 6.06. The van der Waals surface area contributed by atoms with E-state index in [0.29, 0.717) is 29.8 Å². The lowest BCUT2D eigenvalue weighted by molar-refractivity contribution is -0.136. The van der Waals surface area contributed by atoms with E-state index >= 15 is 0 Å². The molecular weight excluding hydrogens is 422 g/mol. The highest BCUT2D eigenvalue weighted by atomic mass is 16.5. The summed E-state index contributed by atoms with van der Waals surface area (Å²) in [5.74, 6) is -1.07. The van der Waals surface area contributed by atoms with Crippen LogP contribution in [0, 0.1) is 0 Å². The standard InChI is InChI=1S/C25H27N3O5/c29-22-14-13-21(23(30)27-22)28-16-19-18(24(28)31)11-7-12-20(19)26-25(32)33-15-6-2-5-10-17-8-3-1-4-9-17/h1,3-4,7-9,11-12,21H,2,5-6,10,13-16H2,(H,26,32)(H,27,29,30). The average Bonchev–Trinajstić information content (AvgIpc) is 3.14. The quantitative estimate of drug-likeness (QED) is 0.475. The van der Waals surface area contributed by atoms with Gasteiger partial charge in [0.15, 0.2) is 0 Å². The van der Waals surface area contributed by atoms with Crippen LogP contribution >= 0.6 is 0 Å². The topological polar surface area (TPSA) is 105 Å². The SMILES string of the molecule is O=C1CCC(N2Cc3c(NC(=O)OCCCCCc4ccccc4)cccc3C2=O)C(=O)N1. The molecule has 0 bridgehead atoms. The van der Waals surface area contributed by atoms with Gasteiger partial charge in [-0.25, -0.2) is 4.79 Å². The van der Waals surface area contributed by atoms with E-state index < -0.39 is 18.0 Å². The lowest BCUT2D eigenvalue weighted by atomic mass is 10.0. The number of hydrogen-bond acceptors (Lipinski definition) is 5. The van der Waals surface area contributed by atoms with Crippen LogP contribution in [0.3, 0.4) is 0 Å². The van der Waals surface area contributed by atoms with Crippen LogP contribution in [0.15, 0.2) is 48.5 Å². The van der Waals surface area contributed by atoms with E-state index in [4.69, 9.17) is 4.74 Å². The number of imide groups is 1. The number of nitrogens with one attached hydrogen (secondary N) is 2. The molecule has 4 amide bonds. The van der Waals surface area contributed by atoms with E-state index in [0.717, 1.165) is 25.7 Å². The molecule has 33 heavy (non-hydrogen) atoms. The molecule has 2 heterocycles. The molecule has 2 aromatic rings. The predicted molar refractivity (Wildman–Crippen MR) is 121 cm³/mol. The zero-order valence-corrected chi connectivity index (χ0v) is 18.3. The lowest BCUT2D eigenvalue weighted by Crippen LogP contribution is -2.52. The number of nitrogens with zero attached hydrogens (tertiary/aromatic N) is 1. The second-order valence-electron chi connectivity index (χ2n) is 8.29. The molecule has 1 saturated heterocycles. The van der Waals surface area contributed by atoms with Crippen molar-refractivity contribution in [1.82, 2.24) is 10.2 Å². The molecule has 2 aliphatic rings. The molecule has 2 aliphatic heterocycles. The van der Waals surface area contributed by atoms with E-state index in [1.165, 1.54) is 10.5 Å². The minimum atomic E-state index is -0.696. The number of carbonyl (C=O) groups is 4. The number of ether oxygens (including phenoxy) is 1. The summed E-state index contributed by atoms with van der Waals surface area (Å²) >= 11 is 0. The Morgan fingerprint density at radius 2 is 1.85 bits per heavy atom. The molecule has 0 aliphatic carbocycles. The first kappa shape index (κ1) is 22.5. The number of piperidine rings is 1. The molecule has 0 radical (unpaired) electrons. The normalized spacial score (nSPS) is 17.5. The van der Waals surface area contributed by atoms with Crippen LogP contribution in [0.5, 0.6) is 0 Å². The average molecular weight is 450 g/mol. The fraction of sp³-hybridized carbons (Fsp3) is 0.360. The lowest BCUT2D eigenvalue weighted by Gasteiger charge is -2.29. The van der Waals surface area contributed by atoms with Crippen LogP contribution in [0.1, 0.15) is 53.6 Å². The van der Waals surface area contributed by atoms with E-state index in [-0.39, 0.29) is 24.8 Å². The second-order valence-corrected chi connectivity index (χ2v) is 8.29. The number of fused-ring (bicyclic) bond motifs is 1. The van der Waals surface area contributed by atoms with E-state index in [9.17, 15) is 19.2 Å². The zero-order chi connectivity index (χ0) is 23.2. The minimum Gasteiger partial charge on any atom is -0.449 e. The van der Waals surface area contributed by atoms with Gasteiger partial charge in [0.1, 0.15) is 6.04 Å². The second kappa shape index (κ2) is 10.3. The Bertz CT molecular complexity index is 1050. The summed E-state index contributed by atoms with van der Waals surface area (Å²) < 4.78 is 5.31. The number of amides is 4. The van der Waals surface area contributed by atoms with Crippen molar-refractivity contribution < 1.29 is 23.9 Å². The number of anilines is 1. The van der Waals surface area contributed by atoms with E-state index in [1.54, 1.807) is 18.2 Å². The maximum Gasteiger partial charge on any atom is 0.411 e. The van der Waals surface area contributed by atoms with Gasteiger partial charge in [-0.05, 0) is 49.8 Å². The van der Waals surface area contributed by atoms with Crippen molar-refractivity contribution in [3.05, 3.63) is 65.2 Å². The Kier molecular flexibility index (Phi) is 7.02. The van der Waals surface area contributed by atoms with Gasteiger partial charge in [0, 0.05) is 29.8 Å². The fourth-order valence-electron chi connectivity index (χ4n) is 4.27. The molecule has 0 saturated carbocycles. The Morgan fingerprint density at radius 3 is 2.64 bits per heavy atom. The summed E-state index contributed by atoms with van der Waals surface area (Å²) in [5, 5.41) is 5.01. The van der Waals surface area contributed by atoms with Crippen LogP contribution < -0.4 is 10.6 Å². The maximum absolute atomic E-state index is 12.9. The summed E-state index contributed by atoms with van der Waals surface area (Å²) in [5.41, 5.74) is 2.88. The van der Waals surface area contributed by atoms with Crippen molar-refractivity contribution >= 4 is 29.5 Å². The van der Waals surface area contributed by atoms with Gasteiger partial charge in [-0.1, -0.05) is 36.4 Å². The van der Waals surface area contributed by atoms with Crippen LogP contribution in [0.4, 0.5) is 10.5 Å². The third kappa shape index (κ3) is 5.39. The Balaban J connectivity index is 1.26. The van der Waals surface area contributed by atoms with Gasteiger partial charge in [0.25, 0.3) is 5.91 Å². The number of aryl methyl sites for hydroxylation is 1. The highest BCUT2D eigenvalue weighted by Gasteiger charge is 2.39. The summed E-state index contributed by atoms with van der Waals surface area (Å²) in [6.07, 6.45) is 3.67. The van der Waals surface area contributed by atoms with Gasteiger partial charge < -0.3 is 9.64 Å². The number of benzene rings is 2. The van der Waals surface area contributed by atoms with E-state index in [1.807, 2.05) is 18.2 Å². The third-order valence-electron chi connectivity index (χ3n) is 6.00. The first-order valence-corrected chi connectivity index (χ1v) is 11.3. The van der Waals surface area contributed by atoms with Crippen LogP contribution in [0.25, 0.3) is 0 Å². The molecule has 8 heteroatoms. The van der Waals surface area contributed by atoms with Crippen LogP contribution in [0.2, 0.25) is 0 Å². The third-order valence-corrected chi connectivity index (χ3v) is 6.00. The van der Waals surface area contributed by atoms with Crippen molar-refractivity contribution in [1.29, 1.82) is 0 Å². The fourth-order valence-corrected chi connectivity index (χ4v) is 4.27. The molecule has 1 unspecified atom stereocenters. The summed E-state index contributed by atoms with van der Waals surface area (Å²) in [7, 11) is 0. The molecule has 4 rings (SSSR count). The zero-order valence-electron chi connectivity index (χ0n) is 18.3. The largest absolute Gasteiger partial charge is 0.449 e. The predicted octanol–water partition coefficient (Wildman–Crippen LogP) is 3.41. The summed E-state index contributed by atoms with van der Waals surface area (Å²) in [6, 6.07) is 14.6. The molecule has 2 aromatic carbocycles. The Labute approximate surface area is 192 Å². The Hall–Kier alpha value is -3.68. The van der Waals surface area contributed by atoms with Crippen LogP contribution in [-0.4, -0.2) is 41.4 Å². The smallest absolute Gasteiger partial charge is 0.411 e. The van der Waals surface area contributed by atoms with Crippen molar-refractivity contribution in [2.75, 3.05) is 11.9 Å². The van der Waals surface area contributed by atoms with Gasteiger partial charge in [0.05, 0.1) is 6.61 Å². The van der Waals surface area contributed by atoms with Crippen molar-refractivity contribution in [2.24, 2.45) is 0 Å². The molecule has 1 fully saturated rings. The highest BCUT2D eigenvalue weighted by Crippen LogP contribution is 2.32. The maximum atomic E-state index is 12.9. The molecular formula is C25H27N3O5. The molecule has 2 N–H and O–H groups in total. The van der Waals surface area contributed by atoms with Crippen molar-refractivity contribution in [2.45, 2.75) is 51.1 Å². The van der Waals surface area contributed by atoms with Gasteiger partial charge >= 0.3 is 6.09 Å². The minimum absolute atomic E-state index is 0.191. The summed E-state index contributed by atoms with van der Waals surface area (Å²) in [6.45, 7) is 0.507. The first-order chi connectivity index (χ1) is 16.0. The molecule has 0 aromatic heterocycles. The van der Waals surface area contributed by atoms with Gasteiger partial charge in [-0.15, -0.1) is 0 Å². The Morgan fingerprint density at radius 1 is 1.03 bits per heavy atom. The summed E-state index contributed by atoms with van der Waals surface area (Å²) in [4.78, 5) is 50.2. The number of hydrogen-bond donors (Lipinski definition) is 2. The van der Waals surface area contributed by atoms with Gasteiger partial charge in [-0.3, -0.25) is 25.0 Å². The monoisotopic (exact) mass is 449 g/mol. The number of carbonyl (C=O) groups excluding carboxylic acids is 4. The van der Waals surface area contributed by atoms with Gasteiger partial charge in [0.2, 0.25) is 11.8 Å². The molecule has 0 spiro atoms.